The molecule has 0 spiro atoms. The number of para-hydroxylation sites is 2. The van der Waals surface area contributed by atoms with Crippen LogP contribution in [-0.4, -0.2) is 39.9 Å². The zero-order valence-electron chi connectivity index (χ0n) is 20.9. The van der Waals surface area contributed by atoms with E-state index in [4.69, 9.17) is 0 Å². The third kappa shape index (κ3) is 3.21. The number of unbranched alkanes of at least 4 members (excludes halogenated alkanes) is 2. The van der Waals surface area contributed by atoms with Crippen molar-refractivity contribution in [3.8, 4) is 0 Å². The van der Waals surface area contributed by atoms with Gasteiger partial charge in [0.25, 0.3) is 5.91 Å². The second kappa shape index (κ2) is 9.43. The molecule has 1 fully saturated rings. The number of carbonyl (C=O) groups is 2. The molecule has 2 aliphatic rings. The Hall–Kier alpha value is -3.64. The van der Waals surface area contributed by atoms with Crippen LogP contribution in [-0.2, 0) is 16.1 Å². The highest BCUT2D eigenvalue weighted by atomic mass is 16.3. The Labute approximate surface area is 212 Å². The van der Waals surface area contributed by atoms with E-state index in [0.717, 1.165) is 25.7 Å². The van der Waals surface area contributed by atoms with Crippen LogP contribution in [0, 0.1) is 0 Å². The molecule has 2 heterocycles. The second-order valence-electron chi connectivity index (χ2n) is 9.53. The number of urea groups is 1. The zero-order chi connectivity index (χ0) is 25.3. The minimum Gasteiger partial charge on any atom is -0.364 e. The first-order valence-corrected chi connectivity index (χ1v) is 12.9. The normalized spacial score (nSPS) is 23.1. The number of anilines is 2. The molecule has 3 aromatic rings. The van der Waals surface area contributed by atoms with Gasteiger partial charge in [0.2, 0.25) is 11.3 Å². The minimum atomic E-state index is -1.87. The average Bonchev–Trinajstić information content (AvgIpc) is 3.11. The van der Waals surface area contributed by atoms with Crippen LogP contribution in [0.4, 0.5) is 16.2 Å². The topological polar surface area (TPSA) is 64.1 Å². The van der Waals surface area contributed by atoms with Gasteiger partial charge in [-0.25, -0.2) is 4.79 Å². The largest absolute Gasteiger partial charge is 0.364 e. The van der Waals surface area contributed by atoms with Gasteiger partial charge in [0, 0.05) is 24.3 Å². The van der Waals surface area contributed by atoms with Gasteiger partial charge in [-0.1, -0.05) is 93.4 Å². The van der Waals surface area contributed by atoms with Gasteiger partial charge in [-0.05, 0) is 36.6 Å². The van der Waals surface area contributed by atoms with Crippen LogP contribution < -0.4 is 4.90 Å². The quantitative estimate of drug-likeness (QED) is 0.444. The number of amides is 3. The number of benzene rings is 3. The summed E-state index contributed by atoms with van der Waals surface area (Å²) in [6, 6.07) is 25.9. The number of hydrogen-bond acceptors (Lipinski definition) is 3. The average molecular weight is 484 g/mol. The first-order chi connectivity index (χ1) is 17.5. The fraction of sp³-hybridized carbons (Fsp3) is 0.333. The van der Waals surface area contributed by atoms with Crippen LogP contribution in [0.3, 0.4) is 0 Å². The molecule has 0 aromatic heterocycles. The van der Waals surface area contributed by atoms with E-state index in [-0.39, 0.29) is 11.9 Å². The van der Waals surface area contributed by atoms with Crippen LogP contribution in [0.2, 0.25) is 0 Å². The molecule has 0 radical (unpaired) electrons. The summed E-state index contributed by atoms with van der Waals surface area (Å²) in [5, 5.41) is 12.9. The number of hydrogen-bond donors (Lipinski definition) is 1. The number of aliphatic hydroxyl groups is 1. The number of carbonyl (C=O) groups excluding carboxylic acids is 2. The van der Waals surface area contributed by atoms with Crippen molar-refractivity contribution in [3.05, 3.63) is 96.1 Å². The monoisotopic (exact) mass is 483 g/mol. The number of rotatable bonds is 8. The van der Waals surface area contributed by atoms with E-state index >= 15 is 0 Å². The summed E-state index contributed by atoms with van der Waals surface area (Å²) in [6.45, 7) is 4.84. The maximum atomic E-state index is 15.0. The number of nitrogens with zero attached hydrogens (tertiary/aromatic N) is 3. The Kier molecular flexibility index (Phi) is 6.31. The van der Waals surface area contributed by atoms with Crippen LogP contribution in [0.15, 0.2) is 84.9 Å². The van der Waals surface area contributed by atoms with Crippen molar-refractivity contribution in [1.29, 1.82) is 0 Å². The third-order valence-electron chi connectivity index (χ3n) is 7.47. The molecule has 36 heavy (non-hydrogen) atoms. The van der Waals surface area contributed by atoms with Gasteiger partial charge in [-0.15, -0.1) is 0 Å². The predicted molar refractivity (Wildman–Crippen MR) is 141 cm³/mol. The molecular formula is C30H33N3O3. The first kappa shape index (κ1) is 24.1. The molecule has 6 nitrogen and oxygen atoms in total. The molecule has 0 bridgehead atoms. The maximum Gasteiger partial charge on any atom is 0.323 e. The summed E-state index contributed by atoms with van der Waals surface area (Å²) in [5.74, 6) is -0.329. The van der Waals surface area contributed by atoms with Gasteiger partial charge in [-0.2, -0.15) is 0 Å². The van der Waals surface area contributed by atoms with Crippen molar-refractivity contribution < 1.29 is 14.7 Å². The Balaban J connectivity index is 1.88. The molecule has 2 unspecified atom stereocenters. The highest BCUT2D eigenvalue weighted by molar-refractivity contribution is 6.13. The molecular weight excluding hydrogens is 450 g/mol. The van der Waals surface area contributed by atoms with E-state index < -0.39 is 11.3 Å². The highest BCUT2D eigenvalue weighted by Gasteiger charge is 2.75. The van der Waals surface area contributed by atoms with Crippen molar-refractivity contribution in [2.45, 2.75) is 50.8 Å². The first-order valence-electron chi connectivity index (χ1n) is 12.9. The van der Waals surface area contributed by atoms with E-state index in [2.05, 4.69) is 13.8 Å². The standard InChI is InChI=1S/C30H33N3O3/c1-3-5-21-31-28(35)32(22-6-4-2)30(36)25-19-13-14-20-26(25)33(24-17-11-8-12-18-24)27(34)29(30,31)23-15-9-7-10-16-23/h7-20,36H,3-6,21-22H2,1-2H3. The molecule has 1 saturated heterocycles. The van der Waals surface area contributed by atoms with Gasteiger partial charge in [0.15, 0.2) is 0 Å². The molecule has 3 aromatic carbocycles. The molecule has 2 atom stereocenters. The van der Waals surface area contributed by atoms with E-state index in [0.29, 0.717) is 35.6 Å². The summed E-state index contributed by atoms with van der Waals surface area (Å²) >= 11 is 0. The van der Waals surface area contributed by atoms with E-state index in [9.17, 15) is 14.7 Å². The van der Waals surface area contributed by atoms with Gasteiger partial charge in [-0.3, -0.25) is 14.6 Å². The van der Waals surface area contributed by atoms with Crippen LogP contribution >= 0.6 is 0 Å². The lowest BCUT2D eigenvalue weighted by atomic mass is 9.71. The molecule has 0 saturated carbocycles. The van der Waals surface area contributed by atoms with Crippen LogP contribution in [0.1, 0.15) is 50.7 Å². The van der Waals surface area contributed by atoms with Gasteiger partial charge >= 0.3 is 6.03 Å². The molecule has 5 rings (SSSR count). The maximum absolute atomic E-state index is 15.0. The van der Waals surface area contributed by atoms with Crippen molar-refractivity contribution in [3.63, 3.8) is 0 Å². The van der Waals surface area contributed by atoms with Crippen LogP contribution in [0.5, 0.6) is 0 Å². The fourth-order valence-corrected chi connectivity index (χ4v) is 5.80. The summed E-state index contributed by atoms with van der Waals surface area (Å²) in [6.07, 6.45) is 3.16. The van der Waals surface area contributed by atoms with Crippen molar-refractivity contribution in [2.24, 2.45) is 0 Å². The lowest BCUT2D eigenvalue weighted by Crippen LogP contribution is -2.67. The molecule has 186 valence electrons. The van der Waals surface area contributed by atoms with Gasteiger partial charge in [0.05, 0.1) is 5.69 Å². The van der Waals surface area contributed by atoms with E-state index in [1.165, 1.54) is 4.90 Å². The summed E-state index contributed by atoms with van der Waals surface area (Å²) in [4.78, 5) is 34.0. The Morgan fingerprint density at radius 1 is 0.722 bits per heavy atom. The van der Waals surface area contributed by atoms with E-state index in [1.807, 2.05) is 84.9 Å². The highest BCUT2D eigenvalue weighted by Crippen LogP contribution is 2.60. The summed E-state index contributed by atoms with van der Waals surface area (Å²) in [5.41, 5.74) is -1.06. The van der Waals surface area contributed by atoms with E-state index in [1.54, 1.807) is 9.80 Å². The molecule has 6 heteroatoms. The second-order valence-corrected chi connectivity index (χ2v) is 9.53. The Bertz CT molecular complexity index is 1250. The lowest BCUT2D eigenvalue weighted by Gasteiger charge is -2.52. The van der Waals surface area contributed by atoms with Crippen molar-refractivity contribution in [2.75, 3.05) is 18.0 Å². The molecule has 2 aliphatic heterocycles. The fourth-order valence-electron chi connectivity index (χ4n) is 5.80. The molecule has 1 N–H and O–H groups in total. The Morgan fingerprint density at radius 2 is 1.28 bits per heavy atom. The van der Waals surface area contributed by atoms with Crippen molar-refractivity contribution >= 4 is 23.3 Å². The summed E-state index contributed by atoms with van der Waals surface area (Å²) < 4.78 is 0. The van der Waals surface area contributed by atoms with Gasteiger partial charge in [0.1, 0.15) is 0 Å². The summed E-state index contributed by atoms with van der Waals surface area (Å²) in [7, 11) is 0. The molecule has 0 aliphatic carbocycles. The van der Waals surface area contributed by atoms with Gasteiger partial charge < -0.3 is 10.0 Å². The smallest absolute Gasteiger partial charge is 0.323 e. The van der Waals surface area contributed by atoms with Crippen molar-refractivity contribution in [1.82, 2.24) is 9.80 Å². The molecule has 3 amide bonds. The van der Waals surface area contributed by atoms with Crippen LogP contribution in [0.25, 0.3) is 0 Å². The Morgan fingerprint density at radius 3 is 1.92 bits per heavy atom. The minimum absolute atomic E-state index is 0.304. The third-order valence-corrected chi connectivity index (χ3v) is 7.47. The SMILES string of the molecule is CCCCN1C(=O)N(CCCC)C2(c3ccccc3)C(=O)N(c3ccccc3)c3ccccc3C12O. The lowest BCUT2D eigenvalue weighted by molar-refractivity contribution is -0.169. The number of fused-ring (bicyclic) bond motifs is 3. The predicted octanol–water partition coefficient (Wildman–Crippen LogP) is 5.74. The zero-order valence-corrected chi connectivity index (χ0v) is 20.9.